The van der Waals surface area contributed by atoms with E-state index in [9.17, 15) is 43.6 Å². The number of sulfonamides is 3. The predicted octanol–water partition coefficient (Wildman–Crippen LogP) is 24.3. The summed E-state index contributed by atoms with van der Waals surface area (Å²) in [5.41, 5.74) is 29.8. The number of carbonyl (C=O) groups is 2. The fourth-order valence-electron chi connectivity index (χ4n) is 14.8. The van der Waals surface area contributed by atoms with Crippen molar-refractivity contribution < 1.29 is 68.2 Å². The van der Waals surface area contributed by atoms with Crippen LogP contribution in [0.3, 0.4) is 0 Å². The molecule has 5 aromatic carbocycles. The minimum Gasteiger partial charge on any atom is -0.768 e. The summed E-state index contributed by atoms with van der Waals surface area (Å²) in [4.78, 5) is 24.2. The van der Waals surface area contributed by atoms with Crippen molar-refractivity contribution in [3.8, 4) is 0 Å². The molecule has 0 saturated carbocycles. The summed E-state index contributed by atoms with van der Waals surface area (Å²) < 4.78 is 110. The van der Waals surface area contributed by atoms with Crippen molar-refractivity contribution in [1.82, 2.24) is 30.1 Å². The largest absolute Gasteiger partial charge is 3.00 e. The average Bonchev–Trinajstić information content (AvgIpc) is 0.790. The number of nitrogens with two attached hydrogens (primary N) is 1. The second-order valence-electron chi connectivity index (χ2n) is 37.2. The zero-order valence-electron chi connectivity index (χ0n) is 83.6. The van der Waals surface area contributed by atoms with Crippen LogP contribution in [-0.4, -0.2) is 116 Å². The number of aliphatic carboxylic acids is 1. The molecule has 130 heavy (non-hydrogen) atoms. The van der Waals surface area contributed by atoms with Gasteiger partial charge in [-0.3, -0.25) is 13.8 Å². The second-order valence-corrected chi connectivity index (χ2v) is 43.2. The van der Waals surface area contributed by atoms with E-state index in [4.69, 9.17) is 16.6 Å². The van der Waals surface area contributed by atoms with Gasteiger partial charge in [0.15, 0.2) is 0 Å². The normalized spacial score (nSPS) is 13.5. The van der Waals surface area contributed by atoms with Crippen LogP contribution in [0, 0.1) is 7.43 Å². The molecule has 0 bridgehead atoms. The fraction of sp³-hybridized carbons (Fsp3) is 0.571. The third-order valence-electron chi connectivity index (χ3n) is 22.5. The van der Waals surface area contributed by atoms with E-state index in [2.05, 4.69) is 204 Å². The molecule has 1 unspecified atom stereocenters. The molecule has 733 valence electrons. The number of carboxylic acids is 1. The first-order chi connectivity index (χ1) is 59.7. The number of amides is 1. The molecule has 1 radical (unpaired) electrons. The Labute approximate surface area is 811 Å². The Morgan fingerprint density at radius 3 is 1.00 bits per heavy atom. The van der Waals surface area contributed by atoms with Gasteiger partial charge in [-0.15, -0.1) is 19.0 Å². The molecule has 0 fully saturated rings. The molecule has 0 spiro atoms. The molecule has 1 atom stereocenters. The van der Waals surface area contributed by atoms with E-state index < -0.39 is 47.1 Å². The molecule has 3 aliphatic rings. The summed E-state index contributed by atoms with van der Waals surface area (Å²) in [6, 6.07) is 26.9. The quantitative estimate of drug-likeness (QED) is 0.00592. The van der Waals surface area contributed by atoms with E-state index in [1.807, 2.05) is 126 Å². The van der Waals surface area contributed by atoms with Crippen LogP contribution >= 0.6 is 12.4 Å². The first-order valence-corrected chi connectivity index (χ1v) is 52.3. The van der Waals surface area contributed by atoms with E-state index >= 15 is 0 Å². The maximum absolute atomic E-state index is 13.3. The van der Waals surface area contributed by atoms with Crippen LogP contribution in [0.2, 0.25) is 0 Å². The SMILES string of the molecule is CC(C)c1cc(C(C)C)c(S(=O)(=O)NCCN)c(C(C)C)c1.CC(C)c1cc(C(C)C)c(S(=O)(=O)NCCNC(=O)CCC2=CCC=CC2)c(C(C)C)c1.CC(C)c1cc(C(C)C)c(S(=O)(=O)NCCNCCCC2=CCC=CC2)c(C(C)C)c1.CC(C)c1cc(C(C)C)c(S(=O)[O-])c(C(C)C)c1.Cl.O=C(O)CCC1=CCC=CC1.[CH3-].[NH-]CCNCCCc1ccccc1.[Ru+3]. The Morgan fingerprint density at radius 1 is 0.408 bits per heavy atom. The van der Waals surface area contributed by atoms with Crippen molar-refractivity contribution in [2.24, 2.45) is 5.73 Å². The summed E-state index contributed by atoms with van der Waals surface area (Å²) in [5, 5.41) is 17.8. The Balaban J connectivity index is 0.00000158. The Morgan fingerprint density at radius 2 is 0.708 bits per heavy atom. The van der Waals surface area contributed by atoms with Crippen molar-refractivity contribution in [2.75, 3.05) is 65.4 Å². The van der Waals surface area contributed by atoms with Crippen molar-refractivity contribution in [1.29, 1.82) is 0 Å². The van der Waals surface area contributed by atoms with E-state index in [0.29, 0.717) is 75.7 Å². The van der Waals surface area contributed by atoms with Gasteiger partial charge >= 0.3 is 25.4 Å². The van der Waals surface area contributed by atoms with Crippen LogP contribution in [0.5, 0.6) is 0 Å². The summed E-state index contributed by atoms with van der Waals surface area (Å²) >= 11 is -2.16. The van der Waals surface area contributed by atoms with Gasteiger partial charge in [-0.1, -0.05) is 316 Å². The number of carbonyl (C=O) groups excluding carboxylic acids is 1. The van der Waals surface area contributed by atoms with Gasteiger partial charge in [0.2, 0.25) is 36.0 Å². The number of hydrogen-bond donors (Lipinski definition) is 8. The van der Waals surface area contributed by atoms with Gasteiger partial charge in [0.1, 0.15) is 0 Å². The molecular formula is C105H168ClN8O11RuS4. The van der Waals surface area contributed by atoms with Gasteiger partial charge in [-0.2, -0.15) is 0 Å². The van der Waals surface area contributed by atoms with Crippen molar-refractivity contribution >= 4 is 65.4 Å². The van der Waals surface area contributed by atoms with Gasteiger partial charge in [-0.05, 0) is 251 Å². The monoisotopic (exact) mass is 1980 g/mol. The number of hydrogen-bond acceptors (Lipinski definition) is 13. The van der Waals surface area contributed by atoms with Gasteiger partial charge < -0.3 is 44.5 Å². The number of carboxylic acid groups (broad SMARTS) is 1. The number of nitrogens with one attached hydrogen (secondary N) is 7. The first kappa shape index (κ1) is 124. The average molecular weight is 1980 g/mol. The van der Waals surface area contributed by atoms with Crippen molar-refractivity contribution in [3.63, 3.8) is 0 Å². The summed E-state index contributed by atoms with van der Waals surface area (Å²) in [6.07, 6.45) is 32.0. The molecule has 3 aliphatic carbocycles. The van der Waals surface area contributed by atoms with Gasteiger partial charge in [0.25, 0.3) is 0 Å². The minimum absolute atomic E-state index is 0. The molecule has 0 saturated heterocycles. The van der Waals surface area contributed by atoms with Crippen LogP contribution in [0.1, 0.15) is 393 Å². The molecule has 5 aromatic rings. The molecule has 19 nitrogen and oxygen atoms in total. The van der Waals surface area contributed by atoms with Gasteiger partial charge in [0.05, 0.1) is 14.7 Å². The predicted molar refractivity (Wildman–Crippen MR) is 548 cm³/mol. The van der Waals surface area contributed by atoms with Gasteiger partial charge in [0, 0.05) is 57.0 Å². The van der Waals surface area contributed by atoms with Crippen molar-refractivity contribution in [2.45, 2.75) is 347 Å². The number of allylic oxidation sites excluding steroid dienone is 12. The Kier molecular flexibility index (Phi) is 61.2. The maximum Gasteiger partial charge on any atom is 3.00 e. The molecule has 25 heteroatoms. The van der Waals surface area contributed by atoms with E-state index in [-0.39, 0.29) is 125 Å². The Hall–Kier alpha value is -5.93. The smallest absolute Gasteiger partial charge is 0.768 e. The van der Waals surface area contributed by atoms with Crippen LogP contribution < -0.4 is 35.9 Å². The maximum atomic E-state index is 13.3. The standard InChI is InChI=1S/C26H40N2O3S.C26H42N2O2S.C17H30N2O2S.C15H24O2S.C11H17N2.C9H12O2.CH3.ClH.Ru/c1-18(2)22-16-23(19(3)4)26(24(17-22)20(5)6)32(30,31)28-15-14-27-25(29)13-12-21-10-8-7-9-11-21;1-19(2)23-17-24(20(3)4)26(25(18-23)21(5)6)31(29,30)28-16-15-27-14-10-13-22-11-8-7-9-12-22;1-11(2)14-9-15(12(3)4)17(16(10-14)13(5)6)22(20,21)19-8-7-18;1-9(2)12-7-13(10(3)4)15(18(16)17)14(8-12)11(5)6;12-8-10-13-9-4-7-11-5-2-1-3-6-11;10-9(11)7-6-8-4-2-1-3-5-8;;;/h7-8,11,16-20,28H,9-10,12-15H2,1-6H3,(H,27,29);7-8,12,17-21,27-28H,9-11,13-16H2,1-6H3;9-13,19H,7-8,18H2,1-6H3;7-11H,1-6H3,(H,16,17);1-3,5-6,12-13H,4,7-10H2;1-2,5H,3-4,6-7H2,(H,10,11);1H3;1H;/q;;;;-1;;-1;;+3/p-1. The van der Waals surface area contributed by atoms with Crippen LogP contribution in [0.25, 0.3) is 5.73 Å². The first-order valence-electron chi connectivity index (χ1n) is 46.8. The number of halogens is 1. The van der Waals surface area contributed by atoms with Crippen LogP contribution in [-0.2, 0) is 76.6 Å². The summed E-state index contributed by atoms with van der Waals surface area (Å²) in [5.74, 6) is 1.88. The number of aryl methyl sites for hydroxylation is 1. The third kappa shape index (κ3) is 44.3. The molecule has 10 N–H and O–H groups in total. The van der Waals surface area contributed by atoms with E-state index in [1.54, 1.807) is 0 Å². The summed E-state index contributed by atoms with van der Waals surface area (Å²) in [7, 11) is -10.8. The molecule has 0 aliphatic heterocycles. The van der Waals surface area contributed by atoms with Crippen LogP contribution in [0.15, 0.2) is 170 Å². The molecule has 0 aromatic heterocycles. The topological polar surface area (TPSA) is 319 Å². The Bertz CT molecular complexity index is 4660. The molecule has 8 rings (SSSR count). The summed E-state index contributed by atoms with van der Waals surface area (Å²) in [6.45, 7) is 55.0. The van der Waals surface area contributed by atoms with Crippen molar-refractivity contribution in [3.05, 3.63) is 236 Å². The molecule has 0 heterocycles. The minimum atomic E-state index is -3.70. The van der Waals surface area contributed by atoms with Gasteiger partial charge in [-0.25, -0.2) is 39.4 Å². The molecular weight excluding hydrogens is 1810 g/mol. The van der Waals surface area contributed by atoms with E-state index in [1.165, 1.54) is 39.0 Å². The number of benzene rings is 5. The fourth-order valence-corrected chi connectivity index (χ4v) is 20.9. The van der Waals surface area contributed by atoms with Crippen LogP contribution in [0.4, 0.5) is 0 Å². The zero-order valence-corrected chi connectivity index (χ0v) is 89.4. The molecule has 1 amide bonds. The van der Waals surface area contributed by atoms with E-state index in [0.717, 1.165) is 140 Å². The second kappa shape index (κ2) is 64.2. The number of rotatable bonds is 43. The zero-order chi connectivity index (χ0) is 95.5. The third-order valence-corrected chi connectivity index (χ3v) is 28.1.